The van der Waals surface area contributed by atoms with Gasteiger partial charge >= 0.3 is 0 Å². The maximum atomic E-state index is 12.5. The minimum absolute atomic E-state index is 0.0484. The molecule has 21 heavy (non-hydrogen) atoms. The van der Waals surface area contributed by atoms with Crippen molar-refractivity contribution in [3.63, 3.8) is 0 Å². The molecular formula is C15H20N4O2. The normalized spacial score (nSPS) is 16.1. The van der Waals surface area contributed by atoms with E-state index in [2.05, 4.69) is 15.5 Å². The van der Waals surface area contributed by atoms with Crippen LogP contribution in [0.5, 0.6) is 0 Å². The summed E-state index contributed by atoms with van der Waals surface area (Å²) in [5, 5.41) is 10.3. The number of furan rings is 1. The molecule has 0 radical (unpaired) electrons. The number of nitrogens with one attached hydrogen (secondary N) is 2. The molecule has 3 rings (SSSR count). The molecule has 0 bridgehead atoms. The van der Waals surface area contributed by atoms with E-state index in [0.29, 0.717) is 11.5 Å². The van der Waals surface area contributed by atoms with E-state index in [1.54, 1.807) is 11.0 Å². The summed E-state index contributed by atoms with van der Waals surface area (Å²) >= 11 is 0. The van der Waals surface area contributed by atoms with Crippen LogP contribution in [0.25, 0.3) is 11.5 Å². The van der Waals surface area contributed by atoms with Gasteiger partial charge in [-0.3, -0.25) is 9.89 Å². The van der Waals surface area contributed by atoms with Gasteiger partial charge in [0.2, 0.25) is 0 Å². The minimum Gasteiger partial charge on any atom is -0.460 e. The van der Waals surface area contributed by atoms with Crippen molar-refractivity contribution in [3.05, 3.63) is 29.7 Å². The van der Waals surface area contributed by atoms with Gasteiger partial charge in [0.15, 0.2) is 11.5 Å². The fourth-order valence-corrected chi connectivity index (χ4v) is 2.68. The number of aromatic amines is 1. The van der Waals surface area contributed by atoms with Crippen LogP contribution in [0, 0.1) is 6.92 Å². The highest BCUT2D eigenvalue weighted by atomic mass is 16.3. The first kappa shape index (κ1) is 13.9. The van der Waals surface area contributed by atoms with Crippen LogP contribution in [-0.2, 0) is 0 Å². The highest BCUT2D eigenvalue weighted by Crippen LogP contribution is 2.21. The standard InChI is InChI=1S/C15H20N4O2/c1-10-3-4-14(21-10)12-9-13(18-17-12)15(20)19(2)11-5-7-16-8-6-11/h3-4,9,11,16H,5-8H2,1-2H3,(H,17,18). The second-order valence-corrected chi connectivity index (χ2v) is 5.47. The smallest absolute Gasteiger partial charge is 0.274 e. The molecule has 0 aliphatic carbocycles. The minimum atomic E-state index is -0.0484. The molecule has 6 heteroatoms. The Balaban J connectivity index is 1.74. The van der Waals surface area contributed by atoms with Gasteiger partial charge in [0, 0.05) is 19.2 Å². The number of carbonyl (C=O) groups is 1. The van der Waals surface area contributed by atoms with Crippen molar-refractivity contribution in [3.8, 4) is 11.5 Å². The second kappa shape index (κ2) is 5.73. The first-order chi connectivity index (χ1) is 10.1. The van der Waals surface area contributed by atoms with Crippen molar-refractivity contribution in [2.24, 2.45) is 0 Å². The summed E-state index contributed by atoms with van der Waals surface area (Å²) in [6, 6.07) is 5.79. The average molecular weight is 288 g/mol. The third kappa shape index (κ3) is 2.85. The van der Waals surface area contributed by atoms with Crippen molar-refractivity contribution < 1.29 is 9.21 Å². The third-order valence-electron chi connectivity index (χ3n) is 3.98. The van der Waals surface area contributed by atoms with Crippen LogP contribution < -0.4 is 5.32 Å². The molecular weight excluding hydrogens is 268 g/mol. The van der Waals surface area contributed by atoms with E-state index in [1.165, 1.54) is 0 Å². The Morgan fingerprint density at radius 1 is 1.38 bits per heavy atom. The van der Waals surface area contributed by atoms with Crippen molar-refractivity contribution in [1.29, 1.82) is 0 Å². The molecule has 2 aromatic heterocycles. The number of nitrogens with zero attached hydrogens (tertiary/aromatic N) is 2. The Kier molecular flexibility index (Phi) is 3.79. The third-order valence-corrected chi connectivity index (χ3v) is 3.98. The SMILES string of the molecule is Cc1ccc(-c2cc(C(=O)N(C)C3CCNCC3)n[nH]2)o1. The summed E-state index contributed by atoms with van der Waals surface area (Å²) < 4.78 is 5.54. The van der Waals surface area contributed by atoms with Gasteiger partial charge < -0.3 is 14.6 Å². The quantitative estimate of drug-likeness (QED) is 0.903. The zero-order chi connectivity index (χ0) is 14.8. The van der Waals surface area contributed by atoms with E-state index in [-0.39, 0.29) is 11.9 Å². The fraction of sp³-hybridized carbons (Fsp3) is 0.467. The van der Waals surface area contributed by atoms with Crippen LogP contribution >= 0.6 is 0 Å². The van der Waals surface area contributed by atoms with Crippen molar-refractivity contribution in [2.75, 3.05) is 20.1 Å². The van der Waals surface area contributed by atoms with Gasteiger partial charge in [-0.25, -0.2) is 0 Å². The predicted molar refractivity (Wildman–Crippen MR) is 79.0 cm³/mol. The van der Waals surface area contributed by atoms with Crippen LogP contribution in [0.1, 0.15) is 29.1 Å². The van der Waals surface area contributed by atoms with Gasteiger partial charge in [0.05, 0.1) is 0 Å². The van der Waals surface area contributed by atoms with E-state index in [1.807, 2.05) is 26.1 Å². The van der Waals surface area contributed by atoms with Gasteiger partial charge in [-0.2, -0.15) is 5.10 Å². The Morgan fingerprint density at radius 3 is 2.81 bits per heavy atom. The lowest BCUT2D eigenvalue weighted by Crippen LogP contribution is -2.44. The summed E-state index contributed by atoms with van der Waals surface area (Å²) in [6.07, 6.45) is 1.97. The number of aromatic nitrogens is 2. The number of carbonyl (C=O) groups excluding carboxylic acids is 1. The molecule has 1 amide bonds. The molecule has 3 heterocycles. The topological polar surface area (TPSA) is 74.2 Å². The Bertz CT molecular complexity index is 625. The molecule has 0 atom stereocenters. The molecule has 0 unspecified atom stereocenters. The zero-order valence-corrected chi connectivity index (χ0v) is 12.3. The molecule has 6 nitrogen and oxygen atoms in total. The van der Waals surface area contributed by atoms with E-state index in [0.717, 1.165) is 37.4 Å². The van der Waals surface area contributed by atoms with Crippen molar-refractivity contribution >= 4 is 5.91 Å². The lowest BCUT2D eigenvalue weighted by Gasteiger charge is -2.31. The van der Waals surface area contributed by atoms with E-state index >= 15 is 0 Å². The Hall–Kier alpha value is -2.08. The van der Waals surface area contributed by atoms with Gasteiger partial charge in [-0.05, 0) is 45.0 Å². The highest BCUT2D eigenvalue weighted by Gasteiger charge is 2.24. The van der Waals surface area contributed by atoms with Crippen LogP contribution in [-0.4, -0.2) is 47.2 Å². The number of H-pyrrole nitrogens is 1. The number of hydrogen-bond donors (Lipinski definition) is 2. The van der Waals surface area contributed by atoms with Gasteiger partial charge in [-0.15, -0.1) is 0 Å². The molecule has 1 saturated heterocycles. The van der Waals surface area contributed by atoms with Crippen molar-refractivity contribution in [1.82, 2.24) is 20.4 Å². The summed E-state index contributed by atoms with van der Waals surface area (Å²) in [7, 11) is 1.85. The van der Waals surface area contributed by atoms with Crippen LogP contribution in [0.4, 0.5) is 0 Å². The number of aryl methyl sites for hydroxylation is 1. The summed E-state index contributed by atoms with van der Waals surface area (Å²) in [4.78, 5) is 14.3. The van der Waals surface area contributed by atoms with Crippen molar-refractivity contribution in [2.45, 2.75) is 25.8 Å². The van der Waals surface area contributed by atoms with Gasteiger partial charge in [-0.1, -0.05) is 0 Å². The molecule has 0 saturated carbocycles. The lowest BCUT2D eigenvalue weighted by atomic mass is 10.1. The fourth-order valence-electron chi connectivity index (χ4n) is 2.68. The first-order valence-corrected chi connectivity index (χ1v) is 7.25. The molecule has 112 valence electrons. The average Bonchev–Trinajstić information content (AvgIpc) is 3.15. The monoisotopic (exact) mass is 288 g/mol. The molecule has 2 N–H and O–H groups in total. The lowest BCUT2D eigenvalue weighted by molar-refractivity contribution is 0.0697. The molecule has 1 aliphatic rings. The molecule has 1 aliphatic heterocycles. The zero-order valence-electron chi connectivity index (χ0n) is 12.3. The summed E-state index contributed by atoms with van der Waals surface area (Å²) in [6.45, 7) is 3.80. The number of piperidine rings is 1. The second-order valence-electron chi connectivity index (χ2n) is 5.47. The highest BCUT2D eigenvalue weighted by molar-refractivity contribution is 5.93. The van der Waals surface area contributed by atoms with Crippen LogP contribution in [0.15, 0.2) is 22.6 Å². The number of hydrogen-bond acceptors (Lipinski definition) is 4. The maximum absolute atomic E-state index is 12.5. The summed E-state index contributed by atoms with van der Waals surface area (Å²) in [5.41, 5.74) is 1.16. The molecule has 0 aromatic carbocycles. The number of amides is 1. The van der Waals surface area contributed by atoms with E-state index < -0.39 is 0 Å². The molecule has 2 aromatic rings. The molecule has 1 fully saturated rings. The first-order valence-electron chi connectivity index (χ1n) is 7.25. The van der Waals surface area contributed by atoms with Crippen LogP contribution in [0.3, 0.4) is 0 Å². The maximum Gasteiger partial charge on any atom is 0.274 e. The van der Waals surface area contributed by atoms with Gasteiger partial charge in [0.1, 0.15) is 11.5 Å². The Labute approximate surface area is 123 Å². The van der Waals surface area contributed by atoms with E-state index in [9.17, 15) is 4.79 Å². The van der Waals surface area contributed by atoms with Gasteiger partial charge in [0.25, 0.3) is 5.91 Å². The van der Waals surface area contributed by atoms with Crippen LogP contribution in [0.2, 0.25) is 0 Å². The molecule has 0 spiro atoms. The Morgan fingerprint density at radius 2 is 2.14 bits per heavy atom. The summed E-state index contributed by atoms with van der Waals surface area (Å²) in [5.74, 6) is 1.48. The largest absolute Gasteiger partial charge is 0.460 e. The number of rotatable bonds is 3. The van der Waals surface area contributed by atoms with E-state index in [4.69, 9.17) is 4.42 Å². The predicted octanol–water partition coefficient (Wildman–Crippen LogP) is 1.80.